The standard InChI is InChI=1S/C16H15Cl2NO3/c1-4-12-14(16(21)22)15(20)13(8(2)19(12)3)9-5-6-10(17)11(18)7-9/h5-7H,4H2,1-3H3,(H,21,22). The minimum atomic E-state index is -1.22. The second-order valence-electron chi connectivity index (χ2n) is 4.96. The van der Waals surface area contributed by atoms with Gasteiger partial charge in [-0.1, -0.05) is 36.2 Å². The summed E-state index contributed by atoms with van der Waals surface area (Å²) in [7, 11) is 1.75. The summed E-state index contributed by atoms with van der Waals surface area (Å²) in [6.45, 7) is 3.60. The van der Waals surface area contributed by atoms with E-state index in [0.29, 0.717) is 39.0 Å². The van der Waals surface area contributed by atoms with E-state index in [1.165, 1.54) is 0 Å². The zero-order chi connectivity index (χ0) is 16.6. The van der Waals surface area contributed by atoms with Gasteiger partial charge in [0.15, 0.2) is 0 Å². The van der Waals surface area contributed by atoms with E-state index in [1.807, 2.05) is 6.92 Å². The molecule has 2 aromatic rings. The molecule has 0 aliphatic heterocycles. The van der Waals surface area contributed by atoms with Gasteiger partial charge in [-0.25, -0.2) is 4.79 Å². The number of aromatic carboxylic acids is 1. The molecule has 0 saturated carbocycles. The number of hydrogen-bond acceptors (Lipinski definition) is 2. The first kappa shape index (κ1) is 16.6. The highest BCUT2D eigenvalue weighted by molar-refractivity contribution is 6.42. The molecule has 0 bridgehead atoms. The summed E-state index contributed by atoms with van der Waals surface area (Å²) < 4.78 is 1.74. The average molecular weight is 340 g/mol. The Balaban J connectivity index is 2.90. The molecule has 0 fully saturated rings. The number of hydrogen-bond donors (Lipinski definition) is 1. The fourth-order valence-electron chi connectivity index (χ4n) is 2.58. The number of rotatable bonds is 3. The maximum absolute atomic E-state index is 12.7. The summed E-state index contributed by atoms with van der Waals surface area (Å²) in [6.07, 6.45) is 0.454. The van der Waals surface area contributed by atoms with Crippen molar-refractivity contribution in [3.63, 3.8) is 0 Å². The second-order valence-corrected chi connectivity index (χ2v) is 5.77. The Bertz CT molecular complexity index is 825. The first-order valence-corrected chi connectivity index (χ1v) is 7.46. The largest absolute Gasteiger partial charge is 0.477 e. The van der Waals surface area contributed by atoms with E-state index >= 15 is 0 Å². The third-order valence-corrected chi connectivity index (χ3v) is 4.51. The molecular formula is C16H15Cl2NO3. The van der Waals surface area contributed by atoms with E-state index in [2.05, 4.69) is 0 Å². The van der Waals surface area contributed by atoms with E-state index in [-0.39, 0.29) is 5.56 Å². The number of nitrogens with zero attached hydrogens (tertiary/aromatic N) is 1. The topological polar surface area (TPSA) is 59.3 Å². The van der Waals surface area contributed by atoms with Gasteiger partial charge >= 0.3 is 5.97 Å². The van der Waals surface area contributed by atoms with Gasteiger partial charge in [0.2, 0.25) is 5.43 Å². The number of carboxylic acids is 1. The normalized spacial score (nSPS) is 10.8. The van der Waals surface area contributed by atoms with E-state index < -0.39 is 11.4 Å². The zero-order valence-corrected chi connectivity index (χ0v) is 13.9. The lowest BCUT2D eigenvalue weighted by Crippen LogP contribution is -2.25. The predicted octanol–water partition coefficient (Wildman–Crippen LogP) is 3.93. The molecule has 0 atom stereocenters. The molecule has 1 aromatic heterocycles. The number of aromatic nitrogens is 1. The van der Waals surface area contributed by atoms with Crippen LogP contribution in [0.3, 0.4) is 0 Å². The summed E-state index contributed by atoms with van der Waals surface area (Å²) in [5.74, 6) is -1.22. The molecule has 0 radical (unpaired) electrons. The monoisotopic (exact) mass is 339 g/mol. The highest BCUT2D eigenvalue weighted by atomic mass is 35.5. The molecule has 2 rings (SSSR count). The van der Waals surface area contributed by atoms with Crippen LogP contribution < -0.4 is 5.43 Å². The Labute approximate surface area is 137 Å². The van der Waals surface area contributed by atoms with Gasteiger partial charge in [-0.3, -0.25) is 4.79 Å². The van der Waals surface area contributed by atoms with Gasteiger partial charge in [0.05, 0.1) is 10.0 Å². The van der Waals surface area contributed by atoms with Crippen molar-refractivity contribution in [2.45, 2.75) is 20.3 Å². The highest BCUT2D eigenvalue weighted by Gasteiger charge is 2.22. The SMILES string of the molecule is CCc1c(C(=O)O)c(=O)c(-c2ccc(Cl)c(Cl)c2)c(C)n1C. The maximum Gasteiger partial charge on any atom is 0.341 e. The lowest BCUT2D eigenvalue weighted by atomic mass is 9.98. The quantitative estimate of drug-likeness (QED) is 0.921. The van der Waals surface area contributed by atoms with Crippen molar-refractivity contribution in [1.82, 2.24) is 4.57 Å². The summed E-state index contributed by atoms with van der Waals surface area (Å²) in [5, 5.41) is 10.1. The predicted molar refractivity (Wildman–Crippen MR) is 88.2 cm³/mol. The van der Waals surface area contributed by atoms with Crippen LogP contribution in [0.15, 0.2) is 23.0 Å². The molecular weight excluding hydrogens is 325 g/mol. The van der Waals surface area contributed by atoms with Crippen molar-refractivity contribution in [2.24, 2.45) is 7.05 Å². The van der Waals surface area contributed by atoms with Gasteiger partial charge < -0.3 is 9.67 Å². The molecule has 0 aliphatic carbocycles. The molecule has 6 heteroatoms. The molecule has 1 heterocycles. The van der Waals surface area contributed by atoms with Gasteiger partial charge in [-0.15, -0.1) is 0 Å². The van der Waals surface area contributed by atoms with E-state index in [9.17, 15) is 14.7 Å². The lowest BCUT2D eigenvalue weighted by Gasteiger charge is -2.18. The minimum absolute atomic E-state index is 0.198. The van der Waals surface area contributed by atoms with Gasteiger partial charge in [0.1, 0.15) is 5.56 Å². The number of carbonyl (C=O) groups is 1. The third kappa shape index (κ3) is 2.64. The van der Waals surface area contributed by atoms with Crippen LogP contribution in [-0.2, 0) is 13.5 Å². The average Bonchev–Trinajstić information content (AvgIpc) is 2.46. The molecule has 0 saturated heterocycles. The number of pyridine rings is 1. The summed E-state index contributed by atoms with van der Waals surface area (Å²) >= 11 is 11.9. The molecule has 0 amide bonds. The van der Waals surface area contributed by atoms with Crippen molar-refractivity contribution in [3.05, 3.63) is 55.4 Å². The second kappa shape index (κ2) is 6.15. The summed E-state index contributed by atoms with van der Waals surface area (Å²) in [4.78, 5) is 24.2. The van der Waals surface area contributed by atoms with Crippen LogP contribution >= 0.6 is 23.2 Å². The molecule has 1 N–H and O–H groups in total. The lowest BCUT2D eigenvalue weighted by molar-refractivity contribution is 0.0693. The molecule has 0 aliphatic rings. The van der Waals surface area contributed by atoms with Crippen molar-refractivity contribution in [1.29, 1.82) is 0 Å². The Hall–Kier alpha value is -1.78. The van der Waals surface area contributed by atoms with Gasteiger partial charge in [0.25, 0.3) is 0 Å². The van der Waals surface area contributed by atoms with Crippen LogP contribution in [0.4, 0.5) is 0 Å². The smallest absolute Gasteiger partial charge is 0.341 e. The molecule has 22 heavy (non-hydrogen) atoms. The van der Waals surface area contributed by atoms with Gasteiger partial charge in [0, 0.05) is 24.0 Å². The van der Waals surface area contributed by atoms with E-state index in [1.54, 1.807) is 36.7 Å². The molecule has 0 unspecified atom stereocenters. The van der Waals surface area contributed by atoms with Gasteiger partial charge in [-0.2, -0.15) is 0 Å². The van der Waals surface area contributed by atoms with E-state index in [0.717, 1.165) is 0 Å². The summed E-state index contributed by atoms with van der Waals surface area (Å²) in [6, 6.07) is 4.83. The first-order chi connectivity index (χ1) is 10.3. The van der Waals surface area contributed by atoms with Crippen LogP contribution in [0.2, 0.25) is 10.0 Å². The Morgan fingerprint density at radius 2 is 1.91 bits per heavy atom. The maximum atomic E-state index is 12.7. The Morgan fingerprint density at radius 3 is 2.41 bits per heavy atom. The molecule has 116 valence electrons. The first-order valence-electron chi connectivity index (χ1n) is 6.70. The van der Waals surface area contributed by atoms with Crippen LogP contribution in [0, 0.1) is 6.92 Å². The van der Waals surface area contributed by atoms with Crippen LogP contribution in [0.1, 0.15) is 28.7 Å². The fourth-order valence-corrected chi connectivity index (χ4v) is 2.88. The van der Waals surface area contributed by atoms with Crippen molar-refractivity contribution in [2.75, 3.05) is 0 Å². The van der Waals surface area contributed by atoms with Crippen LogP contribution in [0.25, 0.3) is 11.1 Å². The van der Waals surface area contributed by atoms with Crippen molar-refractivity contribution < 1.29 is 9.90 Å². The van der Waals surface area contributed by atoms with Crippen molar-refractivity contribution >= 4 is 29.2 Å². The Morgan fingerprint density at radius 1 is 1.27 bits per heavy atom. The highest BCUT2D eigenvalue weighted by Crippen LogP contribution is 2.29. The summed E-state index contributed by atoms with van der Waals surface area (Å²) in [5.41, 5.74) is 1.37. The van der Waals surface area contributed by atoms with Crippen LogP contribution in [-0.4, -0.2) is 15.6 Å². The fraction of sp³-hybridized carbons (Fsp3) is 0.250. The molecule has 1 aromatic carbocycles. The van der Waals surface area contributed by atoms with Crippen LogP contribution in [0.5, 0.6) is 0 Å². The van der Waals surface area contributed by atoms with Crippen molar-refractivity contribution in [3.8, 4) is 11.1 Å². The zero-order valence-electron chi connectivity index (χ0n) is 12.4. The number of carboxylic acid groups (broad SMARTS) is 1. The number of halogens is 2. The van der Waals surface area contributed by atoms with E-state index in [4.69, 9.17) is 23.2 Å². The minimum Gasteiger partial charge on any atom is -0.477 e. The molecule has 0 spiro atoms. The number of benzene rings is 1. The Kier molecular flexibility index (Phi) is 4.63. The van der Waals surface area contributed by atoms with Gasteiger partial charge in [-0.05, 0) is 31.0 Å². The molecule has 4 nitrogen and oxygen atoms in total. The third-order valence-electron chi connectivity index (χ3n) is 3.77.